The van der Waals surface area contributed by atoms with E-state index in [1.165, 1.54) is 16.7 Å². The molecule has 1 aromatic heterocycles. The Morgan fingerprint density at radius 2 is 1.95 bits per heavy atom. The summed E-state index contributed by atoms with van der Waals surface area (Å²) in [5.74, 6) is 0. The summed E-state index contributed by atoms with van der Waals surface area (Å²) in [6.07, 6.45) is 1.62. The average molecular weight is 295 g/mol. The van der Waals surface area contributed by atoms with E-state index in [0.29, 0.717) is 10.0 Å². The summed E-state index contributed by atoms with van der Waals surface area (Å²) in [7, 11) is 1.90. The number of halogens is 2. The highest BCUT2D eigenvalue weighted by Gasteiger charge is 2.19. The lowest BCUT2D eigenvalue weighted by molar-refractivity contribution is 0.666. The minimum absolute atomic E-state index is 0.0373. The summed E-state index contributed by atoms with van der Waals surface area (Å²) in [5.41, 5.74) is 4.47. The van der Waals surface area contributed by atoms with Gasteiger partial charge in [0, 0.05) is 6.20 Å². The molecule has 0 radical (unpaired) electrons. The third-order valence-electron chi connectivity index (χ3n) is 3.36. The molecule has 100 valence electrons. The first-order valence-corrected chi connectivity index (χ1v) is 6.84. The highest BCUT2D eigenvalue weighted by Crippen LogP contribution is 2.30. The van der Waals surface area contributed by atoms with Crippen molar-refractivity contribution in [2.45, 2.75) is 19.9 Å². The Morgan fingerprint density at radius 1 is 1.21 bits per heavy atom. The van der Waals surface area contributed by atoms with Gasteiger partial charge in [-0.3, -0.25) is 4.98 Å². The molecule has 2 nitrogen and oxygen atoms in total. The van der Waals surface area contributed by atoms with Crippen molar-refractivity contribution in [3.63, 3.8) is 0 Å². The van der Waals surface area contributed by atoms with Crippen molar-refractivity contribution in [2.24, 2.45) is 0 Å². The molecule has 0 spiro atoms. The smallest absolute Gasteiger partial charge is 0.0805 e. The third kappa shape index (κ3) is 2.92. The summed E-state index contributed by atoms with van der Waals surface area (Å²) in [6.45, 7) is 4.21. The first kappa shape index (κ1) is 14.3. The van der Waals surface area contributed by atoms with Gasteiger partial charge in [-0.2, -0.15) is 0 Å². The van der Waals surface area contributed by atoms with Crippen LogP contribution in [0.4, 0.5) is 0 Å². The molecule has 1 atom stereocenters. The van der Waals surface area contributed by atoms with Gasteiger partial charge in [-0.25, -0.2) is 0 Å². The molecule has 2 rings (SSSR count). The maximum Gasteiger partial charge on any atom is 0.0805 e. The van der Waals surface area contributed by atoms with Gasteiger partial charge in [-0.05, 0) is 43.7 Å². The second-order valence-electron chi connectivity index (χ2n) is 4.53. The molecule has 0 bridgehead atoms. The van der Waals surface area contributed by atoms with E-state index in [4.69, 9.17) is 23.2 Å². The Morgan fingerprint density at radius 3 is 2.58 bits per heavy atom. The van der Waals surface area contributed by atoms with Gasteiger partial charge >= 0.3 is 0 Å². The van der Waals surface area contributed by atoms with Gasteiger partial charge in [-0.1, -0.05) is 41.4 Å². The summed E-state index contributed by atoms with van der Waals surface area (Å²) in [4.78, 5) is 4.37. The normalized spacial score (nSPS) is 12.5. The number of hydrogen-bond acceptors (Lipinski definition) is 2. The number of aromatic nitrogens is 1. The molecule has 1 N–H and O–H groups in total. The van der Waals surface area contributed by atoms with Crippen LogP contribution in [0.1, 0.15) is 28.4 Å². The SMILES string of the molecule is CNC(c1cccc(C)c1C)c1ncc(Cl)cc1Cl. The number of pyridine rings is 1. The van der Waals surface area contributed by atoms with Crippen molar-refractivity contribution in [3.05, 3.63) is 62.9 Å². The molecular formula is C15H16Cl2N2. The average Bonchev–Trinajstić information content (AvgIpc) is 2.37. The van der Waals surface area contributed by atoms with Crippen molar-refractivity contribution in [1.82, 2.24) is 10.3 Å². The van der Waals surface area contributed by atoms with Crippen LogP contribution in [0.2, 0.25) is 10.0 Å². The molecule has 0 aliphatic carbocycles. The van der Waals surface area contributed by atoms with Crippen molar-refractivity contribution in [1.29, 1.82) is 0 Å². The van der Waals surface area contributed by atoms with Gasteiger partial charge in [0.1, 0.15) is 0 Å². The van der Waals surface area contributed by atoms with E-state index < -0.39 is 0 Å². The second kappa shape index (κ2) is 5.91. The zero-order chi connectivity index (χ0) is 14.0. The number of rotatable bonds is 3. The van der Waals surface area contributed by atoms with Crippen LogP contribution in [0.15, 0.2) is 30.5 Å². The van der Waals surface area contributed by atoms with Gasteiger partial charge in [-0.15, -0.1) is 0 Å². The van der Waals surface area contributed by atoms with E-state index in [-0.39, 0.29) is 6.04 Å². The number of nitrogens with zero attached hydrogens (tertiary/aromatic N) is 1. The van der Waals surface area contributed by atoms with Crippen LogP contribution in [-0.4, -0.2) is 12.0 Å². The molecule has 0 aliphatic rings. The largest absolute Gasteiger partial charge is 0.308 e. The predicted octanol–water partition coefficient (Wildman–Crippen LogP) is 4.31. The lowest BCUT2D eigenvalue weighted by atomic mass is 9.95. The zero-order valence-corrected chi connectivity index (χ0v) is 12.7. The van der Waals surface area contributed by atoms with Crippen LogP contribution in [0.25, 0.3) is 0 Å². The van der Waals surface area contributed by atoms with E-state index in [2.05, 4.69) is 36.3 Å². The lowest BCUT2D eigenvalue weighted by Crippen LogP contribution is -2.20. The van der Waals surface area contributed by atoms with Crippen LogP contribution < -0.4 is 5.32 Å². The fraction of sp³-hybridized carbons (Fsp3) is 0.267. The number of hydrogen-bond donors (Lipinski definition) is 1. The summed E-state index contributed by atoms with van der Waals surface area (Å²) in [6, 6.07) is 7.93. The summed E-state index contributed by atoms with van der Waals surface area (Å²) < 4.78 is 0. The third-order valence-corrected chi connectivity index (χ3v) is 3.87. The minimum atomic E-state index is -0.0373. The van der Waals surface area contributed by atoms with E-state index in [0.717, 1.165) is 5.69 Å². The summed E-state index contributed by atoms with van der Waals surface area (Å²) >= 11 is 12.2. The van der Waals surface area contributed by atoms with Crippen LogP contribution in [0, 0.1) is 13.8 Å². The predicted molar refractivity (Wildman–Crippen MR) is 81.1 cm³/mol. The standard InChI is InChI=1S/C15H16Cl2N2/c1-9-5-4-6-12(10(9)2)14(18-3)15-13(17)7-11(16)8-19-15/h4-8,14,18H,1-3H3. The monoisotopic (exact) mass is 294 g/mol. The lowest BCUT2D eigenvalue weighted by Gasteiger charge is -2.20. The van der Waals surface area contributed by atoms with Crippen LogP contribution in [0.3, 0.4) is 0 Å². The maximum atomic E-state index is 6.26. The summed E-state index contributed by atoms with van der Waals surface area (Å²) in [5, 5.41) is 4.40. The van der Waals surface area contributed by atoms with Crippen molar-refractivity contribution >= 4 is 23.2 Å². The molecule has 1 heterocycles. The second-order valence-corrected chi connectivity index (χ2v) is 5.38. The molecule has 19 heavy (non-hydrogen) atoms. The Bertz CT molecular complexity index is 597. The Hall–Kier alpha value is -1.09. The van der Waals surface area contributed by atoms with Crippen molar-refractivity contribution in [3.8, 4) is 0 Å². The van der Waals surface area contributed by atoms with Gasteiger partial charge in [0.05, 0.1) is 21.8 Å². The van der Waals surface area contributed by atoms with Crippen molar-refractivity contribution in [2.75, 3.05) is 7.05 Å². The molecule has 1 unspecified atom stereocenters. The fourth-order valence-electron chi connectivity index (χ4n) is 2.16. The molecule has 0 saturated carbocycles. The molecule has 0 aliphatic heterocycles. The van der Waals surface area contributed by atoms with Crippen LogP contribution in [-0.2, 0) is 0 Å². The van der Waals surface area contributed by atoms with E-state index in [9.17, 15) is 0 Å². The maximum absolute atomic E-state index is 6.26. The fourth-order valence-corrected chi connectivity index (χ4v) is 2.65. The molecular weight excluding hydrogens is 279 g/mol. The molecule has 1 aromatic carbocycles. The topological polar surface area (TPSA) is 24.9 Å². The zero-order valence-electron chi connectivity index (χ0n) is 11.2. The highest BCUT2D eigenvalue weighted by atomic mass is 35.5. The van der Waals surface area contributed by atoms with E-state index >= 15 is 0 Å². The first-order chi connectivity index (χ1) is 9.04. The number of nitrogens with one attached hydrogen (secondary N) is 1. The van der Waals surface area contributed by atoms with Crippen LogP contribution >= 0.6 is 23.2 Å². The van der Waals surface area contributed by atoms with Crippen LogP contribution in [0.5, 0.6) is 0 Å². The highest BCUT2D eigenvalue weighted by molar-refractivity contribution is 6.34. The van der Waals surface area contributed by atoms with Gasteiger partial charge in [0.2, 0.25) is 0 Å². The molecule has 0 fully saturated rings. The van der Waals surface area contributed by atoms with Gasteiger partial charge in [0.25, 0.3) is 0 Å². The number of benzene rings is 1. The Kier molecular flexibility index (Phi) is 4.46. The molecule has 0 amide bonds. The quantitative estimate of drug-likeness (QED) is 0.912. The van der Waals surface area contributed by atoms with E-state index in [1.54, 1.807) is 12.3 Å². The molecule has 0 saturated heterocycles. The Labute approximate surface area is 123 Å². The molecule has 2 aromatic rings. The minimum Gasteiger partial charge on any atom is -0.308 e. The molecule has 4 heteroatoms. The van der Waals surface area contributed by atoms with Gasteiger partial charge < -0.3 is 5.32 Å². The first-order valence-electron chi connectivity index (χ1n) is 6.09. The van der Waals surface area contributed by atoms with Gasteiger partial charge in [0.15, 0.2) is 0 Å². The Balaban J connectivity index is 2.53. The number of aryl methyl sites for hydroxylation is 1. The van der Waals surface area contributed by atoms with E-state index in [1.807, 2.05) is 13.1 Å². The van der Waals surface area contributed by atoms with Crippen molar-refractivity contribution < 1.29 is 0 Å².